The second kappa shape index (κ2) is 7.81. The van der Waals surface area contributed by atoms with Crippen LogP contribution in [0.5, 0.6) is 0 Å². The van der Waals surface area contributed by atoms with E-state index in [1.807, 2.05) is 42.1 Å². The molecule has 1 saturated carbocycles. The summed E-state index contributed by atoms with van der Waals surface area (Å²) in [6.07, 6.45) is 6.52. The third-order valence-corrected chi connectivity index (χ3v) is 4.89. The lowest BCUT2D eigenvalue weighted by Gasteiger charge is -2.17. The fourth-order valence-corrected chi connectivity index (χ4v) is 3.55. The van der Waals surface area contributed by atoms with Crippen molar-refractivity contribution in [3.8, 4) is 0 Å². The number of halogens is 1. The number of carbonyl (C=O) groups is 1. The lowest BCUT2D eigenvalue weighted by molar-refractivity contribution is -0.885. The molecule has 1 amide bonds. The van der Waals surface area contributed by atoms with Gasteiger partial charge in [0.05, 0.1) is 19.3 Å². The van der Waals surface area contributed by atoms with Crippen molar-refractivity contribution in [3.63, 3.8) is 0 Å². The van der Waals surface area contributed by atoms with Gasteiger partial charge in [0.2, 0.25) is 0 Å². The first-order chi connectivity index (χ1) is 11.6. The van der Waals surface area contributed by atoms with Crippen molar-refractivity contribution < 1.29 is 9.69 Å². The Morgan fingerprint density at radius 3 is 2.83 bits per heavy atom. The van der Waals surface area contributed by atoms with Gasteiger partial charge in [-0.2, -0.15) is 5.10 Å². The Bertz CT molecular complexity index is 694. The predicted molar refractivity (Wildman–Crippen MR) is 95.3 cm³/mol. The molecular formula is C18H24ClN4O+. The molecule has 1 heterocycles. The van der Waals surface area contributed by atoms with Crippen LogP contribution >= 0.6 is 11.6 Å². The van der Waals surface area contributed by atoms with Gasteiger partial charge in [-0.1, -0.05) is 42.6 Å². The highest BCUT2D eigenvalue weighted by molar-refractivity contribution is 6.31. The number of quaternary nitrogens is 1. The average Bonchev–Trinajstić information content (AvgIpc) is 3.20. The third kappa shape index (κ3) is 4.16. The topological polar surface area (TPSA) is 51.4 Å². The SMILES string of the molecule is C[NH+](CC(=O)Nc1ccnn1C1CCCC1)Cc1ccccc1Cl. The number of rotatable bonds is 6. The lowest BCUT2D eigenvalue weighted by Crippen LogP contribution is -3.08. The van der Waals surface area contributed by atoms with E-state index in [2.05, 4.69) is 10.4 Å². The van der Waals surface area contributed by atoms with E-state index in [-0.39, 0.29) is 5.91 Å². The number of likely N-dealkylation sites (N-methyl/N-ethyl adjacent to an activating group) is 1. The van der Waals surface area contributed by atoms with Crippen molar-refractivity contribution in [1.82, 2.24) is 9.78 Å². The van der Waals surface area contributed by atoms with Crippen LogP contribution in [0.2, 0.25) is 5.02 Å². The Hall–Kier alpha value is -1.85. The van der Waals surface area contributed by atoms with Crippen LogP contribution < -0.4 is 10.2 Å². The summed E-state index contributed by atoms with van der Waals surface area (Å²) < 4.78 is 1.97. The summed E-state index contributed by atoms with van der Waals surface area (Å²) in [5.41, 5.74) is 1.06. The zero-order valence-corrected chi connectivity index (χ0v) is 14.7. The molecule has 1 aliphatic carbocycles. The van der Waals surface area contributed by atoms with Gasteiger partial charge in [0.15, 0.2) is 6.54 Å². The molecule has 0 bridgehead atoms. The normalized spacial score (nSPS) is 16.2. The minimum atomic E-state index is -0.000648. The number of anilines is 1. The smallest absolute Gasteiger partial charge is 0.280 e. The molecular weight excluding hydrogens is 324 g/mol. The second-order valence-corrected chi connectivity index (χ2v) is 6.96. The van der Waals surface area contributed by atoms with E-state index in [0.717, 1.165) is 40.7 Å². The Balaban J connectivity index is 1.56. The number of amides is 1. The van der Waals surface area contributed by atoms with Crippen LogP contribution in [0.15, 0.2) is 36.5 Å². The summed E-state index contributed by atoms with van der Waals surface area (Å²) in [6, 6.07) is 10.1. The summed E-state index contributed by atoms with van der Waals surface area (Å²) in [5.74, 6) is 0.803. The van der Waals surface area contributed by atoms with Crippen LogP contribution in [0.1, 0.15) is 37.3 Å². The number of nitrogens with zero attached hydrogens (tertiary/aromatic N) is 2. The van der Waals surface area contributed by atoms with Gasteiger partial charge in [-0.25, -0.2) is 4.68 Å². The summed E-state index contributed by atoms with van der Waals surface area (Å²) in [6.45, 7) is 1.11. The van der Waals surface area contributed by atoms with Gasteiger partial charge >= 0.3 is 0 Å². The maximum atomic E-state index is 12.4. The molecule has 1 aliphatic rings. The van der Waals surface area contributed by atoms with Gasteiger partial charge in [0, 0.05) is 16.7 Å². The van der Waals surface area contributed by atoms with Crippen LogP contribution in [0.4, 0.5) is 5.82 Å². The monoisotopic (exact) mass is 347 g/mol. The number of benzene rings is 1. The number of nitrogens with one attached hydrogen (secondary N) is 2. The predicted octanol–water partition coefficient (Wildman–Crippen LogP) is 2.30. The zero-order chi connectivity index (χ0) is 16.9. The van der Waals surface area contributed by atoms with Gasteiger partial charge in [-0.3, -0.25) is 4.79 Å². The van der Waals surface area contributed by atoms with E-state index >= 15 is 0 Å². The average molecular weight is 348 g/mol. The molecule has 1 aromatic heterocycles. The molecule has 0 radical (unpaired) electrons. The fourth-order valence-electron chi connectivity index (χ4n) is 3.34. The zero-order valence-electron chi connectivity index (χ0n) is 14.0. The van der Waals surface area contributed by atoms with E-state index in [4.69, 9.17) is 11.6 Å². The molecule has 1 aromatic carbocycles. The van der Waals surface area contributed by atoms with Gasteiger partial charge in [0.25, 0.3) is 5.91 Å². The standard InChI is InChI=1S/C18H23ClN4O/c1-22(12-14-6-2-5-9-16(14)19)13-18(24)21-17-10-11-20-23(17)15-7-3-4-8-15/h2,5-6,9-11,15H,3-4,7-8,12-13H2,1H3,(H,21,24)/p+1. The minimum absolute atomic E-state index is 0.000648. The van der Waals surface area contributed by atoms with E-state index in [1.54, 1.807) is 6.20 Å². The lowest BCUT2D eigenvalue weighted by atomic mass is 10.2. The second-order valence-electron chi connectivity index (χ2n) is 6.55. The van der Waals surface area contributed by atoms with Crippen molar-refractivity contribution in [2.75, 3.05) is 18.9 Å². The summed E-state index contributed by atoms with van der Waals surface area (Å²) in [5, 5.41) is 8.14. The van der Waals surface area contributed by atoms with Gasteiger partial charge in [-0.05, 0) is 18.9 Å². The molecule has 1 unspecified atom stereocenters. The molecule has 0 spiro atoms. The quantitative estimate of drug-likeness (QED) is 0.842. The van der Waals surface area contributed by atoms with Crippen LogP contribution in [-0.2, 0) is 11.3 Å². The first kappa shape index (κ1) is 17.0. The highest BCUT2D eigenvalue weighted by Gasteiger charge is 2.21. The maximum absolute atomic E-state index is 12.4. The molecule has 2 aromatic rings. The summed E-state index contributed by atoms with van der Waals surface area (Å²) >= 11 is 6.19. The largest absolute Gasteiger partial charge is 0.326 e. The molecule has 1 fully saturated rings. The van der Waals surface area contributed by atoms with Crippen LogP contribution in [0.25, 0.3) is 0 Å². The third-order valence-electron chi connectivity index (χ3n) is 4.52. The van der Waals surface area contributed by atoms with Gasteiger partial charge < -0.3 is 10.2 Å². The van der Waals surface area contributed by atoms with E-state index in [0.29, 0.717) is 12.6 Å². The van der Waals surface area contributed by atoms with Crippen LogP contribution in [0, 0.1) is 0 Å². The van der Waals surface area contributed by atoms with E-state index in [9.17, 15) is 4.79 Å². The Kier molecular flexibility index (Phi) is 5.53. The van der Waals surface area contributed by atoms with E-state index in [1.165, 1.54) is 12.8 Å². The fraction of sp³-hybridized carbons (Fsp3) is 0.444. The highest BCUT2D eigenvalue weighted by Crippen LogP contribution is 2.31. The molecule has 24 heavy (non-hydrogen) atoms. The molecule has 128 valence electrons. The van der Waals surface area contributed by atoms with Crippen molar-refractivity contribution in [3.05, 3.63) is 47.1 Å². The van der Waals surface area contributed by atoms with Crippen molar-refractivity contribution in [2.45, 2.75) is 38.3 Å². The van der Waals surface area contributed by atoms with Crippen LogP contribution in [-0.4, -0.2) is 29.3 Å². The highest BCUT2D eigenvalue weighted by atomic mass is 35.5. The maximum Gasteiger partial charge on any atom is 0.280 e. The van der Waals surface area contributed by atoms with E-state index < -0.39 is 0 Å². The molecule has 0 saturated heterocycles. The number of hydrogen-bond acceptors (Lipinski definition) is 2. The number of hydrogen-bond donors (Lipinski definition) is 2. The van der Waals surface area contributed by atoms with Crippen LogP contribution in [0.3, 0.4) is 0 Å². The van der Waals surface area contributed by atoms with Crippen molar-refractivity contribution >= 4 is 23.3 Å². The number of carbonyl (C=O) groups excluding carboxylic acids is 1. The van der Waals surface area contributed by atoms with Crippen molar-refractivity contribution in [1.29, 1.82) is 0 Å². The van der Waals surface area contributed by atoms with Gasteiger partial charge in [0.1, 0.15) is 12.4 Å². The molecule has 5 nitrogen and oxygen atoms in total. The molecule has 0 aliphatic heterocycles. The van der Waals surface area contributed by atoms with Gasteiger partial charge in [-0.15, -0.1) is 0 Å². The molecule has 2 N–H and O–H groups in total. The molecule has 6 heteroatoms. The minimum Gasteiger partial charge on any atom is -0.326 e. The van der Waals surface area contributed by atoms with Crippen molar-refractivity contribution in [2.24, 2.45) is 0 Å². The summed E-state index contributed by atoms with van der Waals surface area (Å²) in [7, 11) is 2.00. The Morgan fingerprint density at radius 1 is 1.33 bits per heavy atom. The Labute approximate surface area is 147 Å². The molecule has 1 atom stereocenters. The Morgan fingerprint density at radius 2 is 2.08 bits per heavy atom. The molecule has 3 rings (SSSR count). The number of aromatic nitrogens is 2. The summed E-state index contributed by atoms with van der Waals surface area (Å²) in [4.78, 5) is 13.4. The first-order valence-electron chi connectivity index (χ1n) is 8.51. The first-order valence-corrected chi connectivity index (χ1v) is 8.89.